The number of halogens is 2. The van der Waals surface area contributed by atoms with E-state index in [1.54, 1.807) is 29.7 Å². The summed E-state index contributed by atoms with van der Waals surface area (Å²) >= 11 is 1.55. The Labute approximate surface area is 97.6 Å². The van der Waals surface area contributed by atoms with E-state index in [9.17, 15) is 4.39 Å². The Morgan fingerprint density at radius 2 is 1.93 bits per heavy atom. The van der Waals surface area contributed by atoms with E-state index in [0.717, 1.165) is 15.6 Å². The lowest BCUT2D eigenvalue weighted by atomic mass is 10.2. The molecule has 1 heterocycles. The molecular weight excluding hydrogens is 235 g/mol. The molecular formula is C10H10ClFN2S. The number of benzene rings is 1. The lowest BCUT2D eigenvalue weighted by Crippen LogP contribution is -1.80. The van der Waals surface area contributed by atoms with Crippen molar-refractivity contribution < 1.29 is 4.39 Å². The number of anilines is 1. The van der Waals surface area contributed by atoms with Gasteiger partial charge in [-0.2, -0.15) is 0 Å². The van der Waals surface area contributed by atoms with Crippen LogP contribution in [0.1, 0.15) is 0 Å². The maximum Gasteiger partial charge on any atom is 0.125 e. The predicted octanol–water partition coefficient (Wildman–Crippen LogP) is 3.41. The van der Waals surface area contributed by atoms with Crippen molar-refractivity contribution >= 4 is 28.7 Å². The van der Waals surface area contributed by atoms with Gasteiger partial charge in [0, 0.05) is 12.6 Å². The molecule has 5 heteroatoms. The zero-order valence-corrected chi connectivity index (χ0v) is 9.66. The minimum absolute atomic E-state index is 0. The van der Waals surface area contributed by atoms with E-state index in [1.165, 1.54) is 12.1 Å². The van der Waals surface area contributed by atoms with Crippen LogP contribution in [0.15, 0.2) is 30.5 Å². The van der Waals surface area contributed by atoms with Gasteiger partial charge in [0.25, 0.3) is 0 Å². The fraction of sp³-hybridized carbons (Fsp3) is 0.100. The quantitative estimate of drug-likeness (QED) is 0.876. The zero-order valence-electron chi connectivity index (χ0n) is 8.03. The second-order valence-electron chi connectivity index (χ2n) is 2.79. The fourth-order valence-corrected chi connectivity index (χ4v) is 1.89. The molecule has 0 aliphatic carbocycles. The molecule has 1 aromatic carbocycles. The van der Waals surface area contributed by atoms with Gasteiger partial charge in [0.2, 0.25) is 0 Å². The van der Waals surface area contributed by atoms with Crippen molar-refractivity contribution in [2.45, 2.75) is 0 Å². The Kier molecular flexibility index (Phi) is 4.05. The number of hydrogen-bond donors (Lipinski definition) is 1. The van der Waals surface area contributed by atoms with Crippen LogP contribution in [0, 0.1) is 5.82 Å². The number of nitrogens with zero attached hydrogens (tertiary/aromatic N) is 1. The Morgan fingerprint density at radius 1 is 1.27 bits per heavy atom. The third kappa shape index (κ3) is 2.67. The summed E-state index contributed by atoms with van der Waals surface area (Å²) in [6.07, 6.45) is 1.77. The maximum atomic E-state index is 12.6. The predicted molar refractivity (Wildman–Crippen MR) is 64.3 cm³/mol. The van der Waals surface area contributed by atoms with E-state index in [-0.39, 0.29) is 18.2 Å². The summed E-state index contributed by atoms with van der Waals surface area (Å²) in [5, 5.41) is 4.91. The molecule has 2 aromatic rings. The van der Waals surface area contributed by atoms with Crippen LogP contribution < -0.4 is 5.32 Å². The fourth-order valence-electron chi connectivity index (χ4n) is 1.12. The van der Waals surface area contributed by atoms with Gasteiger partial charge in [0.1, 0.15) is 15.8 Å². The minimum Gasteiger partial charge on any atom is -0.379 e. The van der Waals surface area contributed by atoms with E-state index in [0.29, 0.717) is 0 Å². The van der Waals surface area contributed by atoms with Crippen molar-refractivity contribution in [3.63, 3.8) is 0 Å². The first-order valence-corrected chi connectivity index (χ1v) is 5.01. The van der Waals surface area contributed by atoms with Crippen LogP contribution in [-0.2, 0) is 0 Å². The van der Waals surface area contributed by atoms with Crippen LogP contribution in [0.25, 0.3) is 10.6 Å². The van der Waals surface area contributed by atoms with Crippen molar-refractivity contribution in [2.24, 2.45) is 0 Å². The molecule has 2 nitrogen and oxygen atoms in total. The van der Waals surface area contributed by atoms with Crippen molar-refractivity contribution in [1.82, 2.24) is 4.98 Å². The Balaban J connectivity index is 0.00000112. The van der Waals surface area contributed by atoms with Gasteiger partial charge in [-0.05, 0) is 24.3 Å². The third-order valence-electron chi connectivity index (χ3n) is 1.84. The number of nitrogens with one attached hydrogen (secondary N) is 1. The topological polar surface area (TPSA) is 24.9 Å². The van der Waals surface area contributed by atoms with Crippen LogP contribution in [0.5, 0.6) is 0 Å². The first-order valence-electron chi connectivity index (χ1n) is 4.19. The summed E-state index contributed by atoms with van der Waals surface area (Å²) in [6.45, 7) is 0. The number of aromatic nitrogens is 1. The molecule has 2 rings (SSSR count). The summed E-state index contributed by atoms with van der Waals surface area (Å²) in [4.78, 5) is 4.22. The van der Waals surface area contributed by atoms with E-state index in [2.05, 4.69) is 10.3 Å². The van der Waals surface area contributed by atoms with Gasteiger partial charge in [0.05, 0.1) is 6.20 Å². The highest BCUT2D eigenvalue weighted by atomic mass is 35.5. The molecule has 0 amide bonds. The van der Waals surface area contributed by atoms with Crippen molar-refractivity contribution in [3.8, 4) is 10.6 Å². The first kappa shape index (κ1) is 11.9. The van der Waals surface area contributed by atoms with Crippen molar-refractivity contribution in [2.75, 3.05) is 12.4 Å². The molecule has 0 aliphatic rings. The molecule has 0 spiro atoms. The summed E-state index contributed by atoms with van der Waals surface area (Å²) in [7, 11) is 1.85. The Morgan fingerprint density at radius 3 is 2.47 bits per heavy atom. The summed E-state index contributed by atoms with van der Waals surface area (Å²) in [6, 6.07) is 6.34. The van der Waals surface area contributed by atoms with E-state index >= 15 is 0 Å². The van der Waals surface area contributed by atoms with Crippen LogP contribution >= 0.6 is 23.7 Å². The summed E-state index contributed by atoms with van der Waals surface area (Å²) in [5.74, 6) is -0.223. The highest BCUT2D eigenvalue weighted by Crippen LogP contribution is 2.27. The zero-order chi connectivity index (χ0) is 9.97. The molecule has 80 valence electrons. The van der Waals surface area contributed by atoms with Crippen LogP contribution in [0.4, 0.5) is 9.39 Å². The molecule has 1 N–H and O–H groups in total. The van der Waals surface area contributed by atoms with Crippen LogP contribution in [-0.4, -0.2) is 12.0 Å². The van der Waals surface area contributed by atoms with Gasteiger partial charge in [0.15, 0.2) is 0 Å². The van der Waals surface area contributed by atoms with Gasteiger partial charge >= 0.3 is 0 Å². The molecule has 0 atom stereocenters. The lowest BCUT2D eigenvalue weighted by Gasteiger charge is -1.94. The smallest absolute Gasteiger partial charge is 0.125 e. The largest absolute Gasteiger partial charge is 0.379 e. The van der Waals surface area contributed by atoms with Crippen molar-refractivity contribution in [1.29, 1.82) is 0 Å². The van der Waals surface area contributed by atoms with Crippen LogP contribution in [0.2, 0.25) is 0 Å². The lowest BCUT2D eigenvalue weighted by molar-refractivity contribution is 0.628. The van der Waals surface area contributed by atoms with E-state index < -0.39 is 0 Å². The Bertz CT molecular complexity index is 427. The second-order valence-corrected chi connectivity index (χ2v) is 3.82. The standard InChI is InChI=1S/C10H9FN2S.ClH/c1-12-9-6-13-10(14-9)7-2-4-8(11)5-3-7;/h2-6,12H,1H3;1H. The van der Waals surface area contributed by atoms with Crippen LogP contribution in [0.3, 0.4) is 0 Å². The van der Waals surface area contributed by atoms with Gasteiger partial charge < -0.3 is 5.32 Å². The van der Waals surface area contributed by atoms with Gasteiger partial charge in [-0.3, -0.25) is 0 Å². The minimum atomic E-state index is -0.223. The normalized spacial score (nSPS) is 9.47. The first-order chi connectivity index (χ1) is 6.79. The Hall–Kier alpha value is -1.13. The van der Waals surface area contributed by atoms with Gasteiger partial charge in [-0.1, -0.05) is 11.3 Å². The summed E-state index contributed by atoms with van der Waals surface area (Å²) in [5.41, 5.74) is 0.943. The van der Waals surface area contributed by atoms with Crippen molar-refractivity contribution in [3.05, 3.63) is 36.3 Å². The van der Waals surface area contributed by atoms with E-state index in [1.807, 2.05) is 7.05 Å². The molecule has 1 aromatic heterocycles. The molecule has 0 bridgehead atoms. The highest BCUT2D eigenvalue weighted by molar-refractivity contribution is 7.18. The maximum absolute atomic E-state index is 12.6. The SMILES string of the molecule is CNc1cnc(-c2ccc(F)cc2)s1.Cl. The number of rotatable bonds is 2. The molecule has 0 fully saturated rings. The number of thiazole rings is 1. The monoisotopic (exact) mass is 244 g/mol. The molecule has 0 aliphatic heterocycles. The molecule has 0 radical (unpaired) electrons. The molecule has 0 unspecified atom stereocenters. The molecule has 15 heavy (non-hydrogen) atoms. The summed E-state index contributed by atoms with van der Waals surface area (Å²) < 4.78 is 12.6. The molecule has 0 saturated carbocycles. The van der Waals surface area contributed by atoms with Gasteiger partial charge in [-0.25, -0.2) is 9.37 Å². The number of hydrogen-bond acceptors (Lipinski definition) is 3. The van der Waals surface area contributed by atoms with Gasteiger partial charge in [-0.15, -0.1) is 12.4 Å². The average molecular weight is 245 g/mol. The molecule has 0 saturated heterocycles. The average Bonchev–Trinajstić information content (AvgIpc) is 2.67. The third-order valence-corrected chi connectivity index (χ3v) is 2.91. The highest BCUT2D eigenvalue weighted by Gasteiger charge is 2.03. The van der Waals surface area contributed by atoms with E-state index in [4.69, 9.17) is 0 Å². The second kappa shape index (κ2) is 5.09.